The molecule has 0 saturated heterocycles. The number of hydrogen-bond donors (Lipinski definition) is 0. The molecular formula is C15H22BrFO2. The van der Waals surface area contributed by atoms with Crippen LogP contribution in [-0.4, -0.2) is 25.2 Å². The molecule has 1 aromatic carbocycles. The predicted octanol–water partition coefficient (Wildman–Crippen LogP) is 4.13. The third-order valence-corrected chi connectivity index (χ3v) is 3.87. The van der Waals surface area contributed by atoms with Crippen molar-refractivity contribution in [2.24, 2.45) is 5.92 Å². The highest BCUT2D eigenvalue weighted by Crippen LogP contribution is 2.29. The molecule has 1 aromatic rings. The summed E-state index contributed by atoms with van der Waals surface area (Å²) in [6.07, 6.45) is 0. The minimum atomic E-state index is -0.674. The molecule has 4 heteroatoms. The zero-order valence-electron chi connectivity index (χ0n) is 11.8. The van der Waals surface area contributed by atoms with Crippen molar-refractivity contribution in [3.05, 3.63) is 35.6 Å². The summed E-state index contributed by atoms with van der Waals surface area (Å²) in [7, 11) is 0. The van der Waals surface area contributed by atoms with Gasteiger partial charge in [-0.05, 0) is 18.9 Å². The quantitative estimate of drug-likeness (QED) is 0.526. The van der Waals surface area contributed by atoms with Gasteiger partial charge in [0.1, 0.15) is 11.4 Å². The van der Waals surface area contributed by atoms with E-state index in [2.05, 4.69) is 29.8 Å². The molecule has 1 rings (SSSR count). The fraction of sp³-hybridized carbons (Fsp3) is 0.600. The van der Waals surface area contributed by atoms with Gasteiger partial charge in [-0.15, -0.1) is 0 Å². The van der Waals surface area contributed by atoms with Crippen LogP contribution in [0.5, 0.6) is 0 Å². The van der Waals surface area contributed by atoms with Crippen molar-refractivity contribution in [1.82, 2.24) is 0 Å². The van der Waals surface area contributed by atoms with Crippen molar-refractivity contribution in [2.45, 2.75) is 26.4 Å². The SMILES string of the molecule is CC(C)COCCOC(C)(CBr)c1ccccc1F. The summed E-state index contributed by atoms with van der Waals surface area (Å²) in [6, 6.07) is 6.71. The molecule has 0 aliphatic heterocycles. The second-order valence-corrected chi connectivity index (χ2v) is 5.72. The third-order valence-electron chi connectivity index (χ3n) is 2.80. The first-order chi connectivity index (χ1) is 8.99. The van der Waals surface area contributed by atoms with Gasteiger partial charge >= 0.3 is 0 Å². The maximum atomic E-state index is 13.8. The van der Waals surface area contributed by atoms with Gasteiger partial charge < -0.3 is 9.47 Å². The number of hydrogen-bond acceptors (Lipinski definition) is 2. The lowest BCUT2D eigenvalue weighted by molar-refractivity contribution is -0.0502. The van der Waals surface area contributed by atoms with Crippen LogP contribution in [0.4, 0.5) is 4.39 Å². The molecule has 0 amide bonds. The molecule has 0 fully saturated rings. The highest BCUT2D eigenvalue weighted by Gasteiger charge is 2.29. The van der Waals surface area contributed by atoms with Gasteiger partial charge in [-0.25, -0.2) is 4.39 Å². The Morgan fingerprint density at radius 1 is 1.26 bits per heavy atom. The summed E-state index contributed by atoms with van der Waals surface area (Å²) >= 11 is 3.40. The first kappa shape index (κ1) is 16.6. The standard InChI is InChI=1S/C15H22BrFO2/c1-12(2)10-18-8-9-19-15(3,11-16)13-6-4-5-7-14(13)17/h4-7,12H,8-11H2,1-3H3. The topological polar surface area (TPSA) is 18.5 Å². The van der Waals surface area contributed by atoms with Crippen LogP contribution in [0.2, 0.25) is 0 Å². The van der Waals surface area contributed by atoms with Crippen LogP contribution in [0, 0.1) is 11.7 Å². The minimum absolute atomic E-state index is 0.243. The van der Waals surface area contributed by atoms with Crippen molar-refractivity contribution in [2.75, 3.05) is 25.2 Å². The van der Waals surface area contributed by atoms with E-state index in [1.807, 2.05) is 13.0 Å². The molecule has 1 atom stereocenters. The van der Waals surface area contributed by atoms with E-state index >= 15 is 0 Å². The molecule has 0 aromatic heterocycles. The Bertz CT molecular complexity index is 384. The molecule has 2 nitrogen and oxygen atoms in total. The van der Waals surface area contributed by atoms with Crippen LogP contribution < -0.4 is 0 Å². The Kier molecular flexibility index (Phi) is 6.97. The van der Waals surface area contributed by atoms with Gasteiger partial charge in [0.05, 0.1) is 13.2 Å². The van der Waals surface area contributed by atoms with E-state index in [-0.39, 0.29) is 5.82 Å². The van der Waals surface area contributed by atoms with Gasteiger partial charge in [-0.3, -0.25) is 0 Å². The summed E-state index contributed by atoms with van der Waals surface area (Å²) in [4.78, 5) is 0. The van der Waals surface area contributed by atoms with Crippen LogP contribution in [0.1, 0.15) is 26.3 Å². The minimum Gasteiger partial charge on any atom is -0.379 e. The monoisotopic (exact) mass is 332 g/mol. The molecule has 0 spiro atoms. The fourth-order valence-corrected chi connectivity index (χ4v) is 2.19. The Morgan fingerprint density at radius 3 is 2.53 bits per heavy atom. The molecule has 0 bridgehead atoms. The maximum absolute atomic E-state index is 13.8. The van der Waals surface area contributed by atoms with Crippen molar-refractivity contribution in [1.29, 1.82) is 0 Å². The van der Waals surface area contributed by atoms with Gasteiger partial charge in [-0.1, -0.05) is 48.0 Å². The molecule has 0 N–H and O–H groups in total. The van der Waals surface area contributed by atoms with E-state index < -0.39 is 5.60 Å². The number of halogens is 2. The number of benzene rings is 1. The van der Waals surface area contributed by atoms with Gasteiger partial charge in [-0.2, -0.15) is 0 Å². The zero-order chi connectivity index (χ0) is 14.3. The fourth-order valence-electron chi connectivity index (χ4n) is 1.72. The van der Waals surface area contributed by atoms with Crippen molar-refractivity contribution in [3.8, 4) is 0 Å². The Hall–Kier alpha value is -0.450. The summed E-state index contributed by atoms with van der Waals surface area (Å²) in [6.45, 7) is 7.76. The molecular weight excluding hydrogens is 311 g/mol. The van der Waals surface area contributed by atoms with Gasteiger partial charge in [0.15, 0.2) is 0 Å². The Morgan fingerprint density at radius 2 is 1.95 bits per heavy atom. The van der Waals surface area contributed by atoms with Crippen molar-refractivity contribution < 1.29 is 13.9 Å². The average Bonchev–Trinajstić information content (AvgIpc) is 2.38. The van der Waals surface area contributed by atoms with E-state index in [9.17, 15) is 4.39 Å². The van der Waals surface area contributed by atoms with Gasteiger partial charge in [0, 0.05) is 17.5 Å². The van der Waals surface area contributed by atoms with Crippen LogP contribution in [0.25, 0.3) is 0 Å². The molecule has 108 valence electrons. The zero-order valence-corrected chi connectivity index (χ0v) is 13.4. The summed E-state index contributed by atoms with van der Waals surface area (Å²) in [5.74, 6) is 0.265. The highest BCUT2D eigenvalue weighted by atomic mass is 79.9. The number of rotatable bonds is 8. The smallest absolute Gasteiger partial charge is 0.129 e. The molecule has 0 radical (unpaired) electrons. The lowest BCUT2D eigenvalue weighted by Crippen LogP contribution is -2.30. The number of ether oxygens (including phenoxy) is 2. The summed E-state index contributed by atoms with van der Waals surface area (Å²) in [5, 5.41) is 0.533. The van der Waals surface area contributed by atoms with Gasteiger partial charge in [0.2, 0.25) is 0 Å². The van der Waals surface area contributed by atoms with E-state index in [1.54, 1.807) is 12.1 Å². The first-order valence-electron chi connectivity index (χ1n) is 6.52. The maximum Gasteiger partial charge on any atom is 0.129 e. The summed E-state index contributed by atoms with van der Waals surface area (Å²) < 4.78 is 25.1. The van der Waals surface area contributed by atoms with E-state index in [4.69, 9.17) is 9.47 Å². The summed E-state index contributed by atoms with van der Waals surface area (Å²) in [5.41, 5.74) is -0.109. The van der Waals surface area contributed by atoms with Crippen LogP contribution >= 0.6 is 15.9 Å². The number of alkyl halides is 1. The first-order valence-corrected chi connectivity index (χ1v) is 7.64. The second-order valence-electron chi connectivity index (χ2n) is 5.16. The Labute approximate surface area is 123 Å². The van der Waals surface area contributed by atoms with Crippen LogP contribution in [0.15, 0.2) is 24.3 Å². The van der Waals surface area contributed by atoms with Crippen molar-refractivity contribution in [3.63, 3.8) is 0 Å². The molecule has 19 heavy (non-hydrogen) atoms. The van der Waals surface area contributed by atoms with Crippen LogP contribution in [0.3, 0.4) is 0 Å². The largest absolute Gasteiger partial charge is 0.379 e. The lowest BCUT2D eigenvalue weighted by atomic mass is 9.97. The molecule has 0 aliphatic carbocycles. The van der Waals surface area contributed by atoms with E-state index in [1.165, 1.54) is 6.07 Å². The highest BCUT2D eigenvalue weighted by molar-refractivity contribution is 9.09. The lowest BCUT2D eigenvalue weighted by Gasteiger charge is -2.29. The predicted molar refractivity (Wildman–Crippen MR) is 79.2 cm³/mol. The molecule has 0 saturated carbocycles. The molecule has 0 aliphatic rings. The second kappa shape index (κ2) is 7.98. The van der Waals surface area contributed by atoms with Crippen LogP contribution in [-0.2, 0) is 15.1 Å². The molecule has 0 heterocycles. The third kappa shape index (κ3) is 5.21. The van der Waals surface area contributed by atoms with E-state index in [0.29, 0.717) is 36.6 Å². The average molecular weight is 333 g/mol. The Balaban J connectivity index is 2.54. The normalized spacial score (nSPS) is 14.6. The van der Waals surface area contributed by atoms with E-state index in [0.717, 1.165) is 0 Å². The molecule has 1 unspecified atom stereocenters. The van der Waals surface area contributed by atoms with Crippen molar-refractivity contribution >= 4 is 15.9 Å². The van der Waals surface area contributed by atoms with Gasteiger partial charge in [0.25, 0.3) is 0 Å².